The van der Waals surface area contributed by atoms with Crippen molar-refractivity contribution in [3.05, 3.63) is 52.9 Å². The Balaban J connectivity index is 1.02. The van der Waals surface area contributed by atoms with E-state index in [4.69, 9.17) is 14.0 Å². The first-order valence-corrected chi connectivity index (χ1v) is 17.8. The summed E-state index contributed by atoms with van der Waals surface area (Å²) >= 11 is 1.61. The smallest absolute Gasteiger partial charge is 0.410 e. The van der Waals surface area contributed by atoms with Crippen LogP contribution in [0.2, 0.25) is 0 Å². The van der Waals surface area contributed by atoms with Gasteiger partial charge in [0.1, 0.15) is 24.7 Å². The summed E-state index contributed by atoms with van der Waals surface area (Å²) in [5, 5.41) is 7.21. The first kappa shape index (κ1) is 33.9. The molecular weight excluding hydrogens is 632 g/mol. The third-order valence-electron chi connectivity index (χ3n) is 9.83. The molecule has 5 heterocycles. The summed E-state index contributed by atoms with van der Waals surface area (Å²) < 4.78 is 17.1. The lowest BCUT2D eigenvalue weighted by atomic mass is 9.91. The van der Waals surface area contributed by atoms with E-state index in [0.717, 1.165) is 47.5 Å². The van der Waals surface area contributed by atoms with E-state index in [1.807, 2.05) is 45.3 Å². The lowest BCUT2D eigenvalue weighted by Crippen LogP contribution is -2.56. The number of aryl methyl sites for hydroxylation is 1. The Labute approximate surface area is 285 Å². The third-order valence-corrected chi connectivity index (χ3v) is 10.8. The Morgan fingerprint density at radius 2 is 1.83 bits per heavy atom. The summed E-state index contributed by atoms with van der Waals surface area (Å²) in [4.78, 5) is 50.9. The maximum Gasteiger partial charge on any atom is 0.410 e. The molecule has 3 aromatic rings. The number of rotatable bonds is 11. The monoisotopic (exact) mass is 678 g/mol. The number of thiazole rings is 1. The standard InChI is InChI=1S/C35H46N6O6S/c1-21(2)31(29-16-30(38-47-29)46-27-17-40(18-27)35(44)45-19-26-8-6-14-39(26)5)34(43)41-15-7-9-28(41)33(42)37-22(3)24-10-12-25(13-11-24)32-23(4)36-20-48-32/h10-13,16,20-22,26-28,31H,6-9,14-15,17-19H2,1-5H3,(H,37,42). The molecule has 2 aromatic heterocycles. The molecule has 13 heteroatoms. The van der Waals surface area contributed by atoms with Crippen LogP contribution in [0.1, 0.15) is 75.4 Å². The van der Waals surface area contributed by atoms with Crippen molar-refractivity contribution in [1.82, 2.24) is 30.2 Å². The Morgan fingerprint density at radius 1 is 1.08 bits per heavy atom. The molecule has 0 bridgehead atoms. The summed E-state index contributed by atoms with van der Waals surface area (Å²) in [6, 6.07) is 9.31. The first-order valence-electron chi connectivity index (χ1n) is 17.0. The van der Waals surface area contributed by atoms with Crippen LogP contribution in [0.15, 0.2) is 40.4 Å². The van der Waals surface area contributed by atoms with E-state index in [1.165, 1.54) is 0 Å². The predicted molar refractivity (Wildman–Crippen MR) is 181 cm³/mol. The van der Waals surface area contributed by atoms with Gasteiger partial charge in [-0.2, -0.15) is 0 Å². The molecule has 4 atom stereocenters. The van der Waals surface area contributed by atoms with Crippen LogP contribution in [0.4, 0.5) is 4.79 Å². The topological polar surface area (TPSA) is 130 Å². The van der Waals surface area contributed by atoms with Crippen molar-refractivity contribution in [3.8, 4) is 16.3 Å². The summed E-state index contributed by atoms with van der Waals surface area (Å²) in [7, 11) is 2.05. The maximum absolute atomic E-state index is 14.0. The van der Waals surface area contributed by atoms with Gasteiger partial charge in [0.05, 0.1) is 35.2 Å². The normalized spacial score (nSPS) is 21.3. The molecule has 0 radical (unpaired) electrons. The summed E-state index contributed by atoms with van der Waals surface area (Å²) in [5.41, 5.74) is 4.93. The lowest BCUT2D eigenvalue weighted by molar-refractivity contribution is -0.141. The highest BCUT2D eigenvalue weighted by molar-refractivity contribution is 7.13. The second-order valence-corrected chi connectivity index (χ2v) is 14.5. The highest BCUT2D eigenvalue weighted by Gasteiger charge is 2.41. The average Bonchev–Trinajstić information content (AvgIpc) is 3.86. The van der Waals surface area contributed by atoms with Crippen LogP contribution in [-0.4, -0.2) is 101 Å². The third kappa shape index (κ3) is 7.36. The average molecular weight is 679 g/mol. The zero-order chi connectivity index (χ0) is 33.9. The highest BCUT2D eigenvalue weighted by atomic mass is 32.1. The van der Waals surface area contributed by atoms with Gasteiger partial charge in [-0.05, 0) is 75.3 Å². The van der Waals surface area contributed by atoms with Crippen molar-refractivity contribution < 1.29 is 28.4 Å². The molecule has 3 aliphatic rings. The van der Waals surface area contributed by atoms with Crippen LogP contribution >= 0.6 is 11.3 Å². The summed E-state index contributed by atoms with van der Waals surface area (Å²) in [5.74, 6) is -0.372. The van der Waals surface area contributed by atoms with Crippen molar-refractivity contribution in [2.75, 3.05) is 39.8 Å². The fourth-order valence-corrected chi connectivity index (χ4v) is 7.68. The molecule has 1 aromatic carbocycles. The molecule has 258 valence electrons. The largest absolute Gasteiger partial charge is 0.468 e. The van der Waals surface area contributed by atoms with E-state index in [-0.39, 0.29) is 47.9 Å². The van der Waals surface area contributed by atoms with Crippen LogP contribution in [0, 0.1) is 12.8 Å². The second-order valence-electron chi connectivity index (χ2n) is 13.6. The number of nitrogens with zero attached hydrogens (tertiary/aromatic N) is 5. The van der Waals surface area contributed by atoms with Crippen molar-refractivity contribution in [3.63, 3.8) is 0 Å². The van der Waals surface area contributed by atoms with Crippen LogP contribution in [-0.2, 0) is 14.3 Å². The highest BCUT2D eigenvalue weighted by Crippen LogP contribution is 2.33. The number of ether oxygens (including phenoxy) is 2. The van der Waals surface area contributed by atoms with Gasteiger partial charge >= 0.3 is 6.09 Å². The molecule has 0 saturated carbocycles. The number of carbonyl (C=O) groups is 3. The molecular formula is C35H46N6O6S. The summed E-state index contributed by atoms with van der Waals surface area (Å²) in [6.45, 7) is 10.6. The molecule has 3 fully saturated rings. The van der Waals surface area contributed by atoms with Crippen LogP contribution < -0.4 is 10.1 Å². The van der Waals surface area contributed by atoms with Crippen molar-refractivity contribution >= 4 is 29.2 Å². The minimum atomic E-state index is -0.620. The van der Waals surface area contributed by atoms with Crippen LogP contribution in [0.25, 0.3) is 10.4 Å². The molecule has 1 N–H and O–H groups in total. The molecule has 6 rings (SSSR count). The van der Waals surface area contributed by atoms with Crippen LogP contribution in [0.3, 0.4) is 0 Å². The van der Waals surface area contributed by atoms with E-state index in [0.29, 0.717) is 38.4 Å². The van der Waals surface area contributed by atoms with E-state index in [2.05, 4.69) is 39.5 Å². The first-order chi connectivity index (χ1) is 23.1. The number of carbonyl (C=O) groups excluding carboxylic acids is 3. The van der Waals surface area contributed by atoms with Gasteiger partial charge in [0, 0.05) is 18.7 Å². The van der Waals surface area contributed by atoms with Crippen molar-refractivity contribution in [2.45, 2.75) is 83.5 Å². The number of aromatic nitrogens is 2. The Morgan fingerprint density at radius 3 is 2.50 bits per heavy atom. The SMILES string of the molecule is Cc1ncsc1-c1ccc(C(C)NC(=O)C2CCCN2C(=O)C(c2cc(OC3CN(C(=O)OCC4CCCN4C)C3)no2)C(C)C)cc1. The summed E-state index contributed by atoms with van der Waals surface area (Å²) in [6.07, 6.45) is 2.94. The van der Waals surface area contributed by atoms with Gasteiger partial charge in [0.2, 0.25) is 11.8 Å². The minimum absolute atomic E-state index is 0.102. The van der Waals surface area contributed by atoms with Gasteiger partial charge in [0.15, 0.2) is 5.76 Å². The number of benzene rings is 1. The number of likely N-dealkylation sites (tertiary alicyclic amines) is 3. The number of hydrogen-bond acceptors (Lipinski definition) is 10. The Kier molecular flexibility index (Phi) is 10.4. The molecule has 0 aliphatic carbocycles. The molecule has 12 nitrogen and oxygen atoms in total. The number of amides is 3. The molecule has 48 heavy (non-hydrogen) atoms. The van der Waals surface area contributed by atoms with Crippen molar-refractivity contribution in [1.29, 1.82) is 0 Å². The maximum atomic E-state index is 14.0. The second kappa shape index (κ2) is 14.7. The zero-order valence-corrected chi connectivity index (χ0v) is 29.2. The molecule has 0 spiro atoms. The number of likely N-dealkylation sites (N-methyl/N-ethyl adjacent to an activating group) is 1. The fraction of sp³-hybridized carbons (Fsp3) is 0.571. The molecule has 3 aliphatic heterocycles. The number of nitrogens with one attached hydrogen (secondary N) is 1. The van der Waals surface area contributed by atoms with E-state index in [1.54, 1.807) is 27.2 Å². The Bertz CT molecular complexity index is 1580. The van der Waals surface area contributed by atoms with Gasteiger partial charge in [-0.25, -0.2) is 9.78 Å². The van der Waals surface area contributed by atoms with Gasteiger partial charge in [-0.3, -0.25) is 9.59 Å². The van der Waals surface area contributed by atoms with E-state index in [9.17, 15) is 14.4 Å². The predicted octanol–water partition coefficient (Wildman–Crippen LogP) is 5.01. The van der Waals surface area contributed by atoms with Crippen molar-refractivity contribution in [2.24, 2.45) is 5.92 Å². The van der Waals surface area contributed by atoms with E-state index < -0.39 is 12.0 Å². The zero-order valence-electron chi connectivity index (χ0n) is 28.4. The van der Waals surface area contributed by atoms with Gasteiger partial charge in [0.25, 0.3) is 5.88 Å². The molecule has 3 saturated heterocycles. The molecule has 4 unspecified atom stereocenters. The quantitative estimate of drug-likeness (QED) is 0.298. The minimum Gasteiger partial charge on any atom is -0.468 e. The van der Waals surface area contributed by atoms with Gasteiger partial charge in [-0.1, -0.05) is 38.1 Å². The fourth-order valence-electron chi connectivity index (χ4n) is 6.87. The molecule has 3 amide bonds. The van der Waals surface area contributed by atoms with Gasteiger partial charge in [-0.15, -0.1) is 11.3 Å². The van der Waals surface area contributed by atoms with Crippen LogP contribution in [0.5, 0.6) is 5.88 Å². The number of hydrogen-bond donors (Lipinski definition) is 1. The Hall–Kier alpha value is -3.97. The van der Waals surface area contributed by atoms with Gasteiger partial charge < -0.3 is 34.0 Å². The lowest BCUT2D eigenvalue weighted by Gasteiger charge is -2.37. The van der Waals surface area contributed by atoms with E-state index >= 15 is 0 Å².